The number of carbonyl (C=O) groups excluding carboxylic acids is 2. The van der Waals surface area contributed by atoms with Gasteiger partial charge in [0.05, 0.1) is 37.4 Å². The largest absolute Gasteiger partial charge is 0.493 e. The van der Waals surface area contributed by atoms with Crippen LogP contribution in [0.1, 0.15) is 86.9 Å². The number of benzene rings is 2. The van der Waals surface area contributed by atoms with Crippen molar-refractivity contribution in [1.29, 1.82) is 0 Å². The average molecular weight is 498 g/mol. The first-order valence-corrected chi connectivity index (χ1v) is 13.6. The van der Waals surface area contributed by atoms with E-state index in [-0.39, 0.29) is 11.9 Å². The maximum Gasteiger partial charge on any atom is 0.338 e. The zero-order valence-electron chi connectivity index (χ0n) is 22.7. The Morgan fingerprint density at radius 1 is 0.778 bits per heavy atom. The highest BCUT2D eigenvalue weighted by atomic mass is 16.5. The Kier molecular flexibility index (Phi) is 13.1. The number of hydrogen-bond donors (Lipinski definition) is 1. The third-order valence-electron chi connectivity index (χ3n) is 6.89. The number of unbranched alkanes of at least 4 members (excludes halogenated alkanes) is 4. The first-order chi connectivity index (χ1) is 17.5. The summed E-state index contributed by atoms with van der Waals surface area (Å²) in [6.45, 7) is 13.8. The molecule has 1 amide bonds. The van der Waals surface area contributed by atoms with E-state index < -0.39 is 0 Å². The van der Waals surface area contributed by atoms with Crippen molar-refractivity contribution in [3.8, 4) is 5.75 Å². The molecule has 2 aromatic carbocycles. The van der Waals surface area contributed by atoms with Gasteiger partial charge in [-0.3, -0.25) is 4.79 Å². The summed E-state index contributed by atoms with van der Waals surface area (Å²) in [5, 5.41) is 2.90. The van der Waals surface area contributed by atoms with Gasteiger partial charge in [-0.2, -0.15) is 0 Å². The zero-order valence-corrected chi connectivity index (χ0v) is 22.7. The van der Waals surface area contributed by atoms with Crippen LogP contribution in [-0.4, -0.2) is 55.8 Å². The fourth-order valence-corrected chi connectivity index (χ4v) is 4.26. The number of nitrogens with one attached hydrogen (secondary N) is 1. The molecule has 0 fully saturated rings. The summed E-state index contributed by atoms with van der Waals surface area (Å²) >= 11 is 0. The topological polar surface area (TPSA) is 64.6 Å². The molecule has 6 heteroatoms. The third-order valence-corrected chi connectivity index (χ3v) is 6.89. The molecule has 2 rings (SSSR count). The average Bonchev–Trinajstić information content (AvgIpc) is 2.91. The van der Waals surface area contributed by atoms with Crippen LogP contribution in [0.4, 0.5) is 5.69 Å². The Balaban J connectivity index is 1.90. The van der Waals surface area contributed by atoms with Crippen molar-refractivity contribution in [3.63, 3.8) is 0 Å². The minimum absolute atomic E-state index is 0.241. The molecule has 0 atom stereocenters. The van der Waals surface area contributed by atoms with E-state index in [2.05, 4.69) is 33.0 Å². The van der Waals surface area contributed by atoms with E-state index in [9.17, 15) is 9.59 Å². The smallest absolute Gasteiger partial charge is 0.338 e. The Morgan fingerprint density at radius 3 is 2.14 bits per heavy atom. The van der Waals surface area contributed by atoms with Gasteiger partial charge in [0.1, 0.15) is 18.9 Å². The van der Waals surface area contributed by atoms with Crippen LogP contribution < -0.4 is 10.1 Å². The number of esters is 1. The van der Waals surface area contributed by atoms with Crippen molar-refractivity contribution < 1.29 is 23.5 Å². The SMILES string of the molecule is CCCCCCOc1ccccc1C(=O)Nc1ccc(C(=O)OCC[N+](CC)(CC)CCCC)cc1. The summed E-state index contributed by atoms with van der Waals surface area (Å²) in [4.78, 5) is 25.4. The number of para-hydroxylation sites is 1. The van der Waals surface area contributed by atoms with E-state index in [1.54, 1.807) is 30.3 Å². The fraction of sp³-hybridized carbons (Fsp3) is 0.533. The van der Waals surface area contributed by atoms with Crippen LogP contribution in [0.2, 0.25) is 0 Å². The number of ether oxygens (including phenoxy) is 2. The summed E-state index contributed by atoms with van der Waals surface area (Å²) < 4.78 is 12.4. The van der Waals surface area contributed by atoms with Gasteiger partial charge in [0.15, 0.2) is 0 Å². The van der Waals surface area contributed by atoms with Crippen LogP contribution in [0.5, 0.6) is 5.75 Å². The Hall–Kier alpha value is -2.86. The predicted molar refractivity (Wildman–Crippen MR) is 147 cm³/mol. The summed E-state index contributed by atoms with van der Waals surface area (Å²) in [5.41, 5.74) is 1.58. The number of amides is 1. The van der Waals surface area contributed by atoms with E-state index in [0.29, 0.717) is 35.8 Å². The number of carbonyl (C=O) groups is 2. The van der Waals surface area contributed by atoms with Crippen LogP contribution in [0.25, 0.3) is 0 Å². The molecule has 6 nitrogen and oxygen atoms in total. The van der Waals surface area contributed by atoms with E-state index in [4.69, 9.17) is 9.47 Å². The number of hydrogen-bond acceptors (Lipinski definition) is 4. The Labute approximate surface area is 217 Å². The monoisotopic (exact) mass is 497 g/mol. The van der Waals surface area contributed by atoms with Gasteiger partial charge in [-0.1, -0.05) is 51.7 Å². The summed E-state index contributed by atoms with van der Waals surface area (Å²) in [6, 6.07) is 14.1. The Bertz CT molecular complexity index is 923. The van der Waals surface area contributed by atoms with Crippen LogP contribution in [0, 0.1) is 0 Å². The second-order valence-electron chi connectivity index (χ2n) is 9.35. The minimum atomic E-state index is -0.338. The molecule has 0 spiro atoms. The van der Waals surface area contributed by atoms with Crippen LogP contribution in [-0.2, 0) is 4.74 Å². The molecule has 0 saturated heterocycles. The number of rotatable bonds is 17. The first-order valence-electron chi connectivity index (χ1n) is 13.6. The van der Waals surface area contributed by atoms with Crippen molar-refractivity contribution in [2.24, 2.45) is 0 Å². The van der Waals surface area contributed by atoms with Gasteiger partial charge < -0.3 is 19.3 Å². The van der Waals surface area contributed by atoms with Crippen LogP contribution in [0.3, 0.4) is 0 Å². The molecule has 2 aromatic rings. The van der Waals surface area contributed by atoms with Crippen molar-refractivity contribution in [2.75, 3.05) is 44.7 Å². The number of nitrogens with zero attached hydrogens (tertiary/aromatic N) is 1. The zero-order chi connectivity index (χ0) is 26.2. The molecule has 198 valence electrons. The summed E-state index contributed by atoms with van der Waals surface area (Å²) in [5.74, 6) is 0.00423. The number of quaternary nitrogens is 1. The van der Waals surface area contributed by atoms with E-state index in [1.165, 1.54) is 25.7 Å². The summed E-state index contributed by atoms with van der Waals surface area (Å²) in [7, 11) is 0. The Morgan fingerprint density at radius 2 is 1.47 bits per heavy atom. The van der Waals surface area contributed by atoms with Crippen molar-refractivity contribution in [2.45, 2.75) is 66.2 Å². The maximum atomic E-state index is 12.9. The molecular weight excluding hydrogens is 452 g/mol. The molecule has 0 bridgehead atoms. The highest BCUT2D eigenvalue weighted by Crippen LogP contribution is 2.21. The van der Waals surface area contributed by atoms with Gasteiger partial charge in [0.2, 0.25) is 0 Å². The molecule has 36 heavy (non-hydrogen) atoms. The molecule has 0 radical (unpaired) electrons. The van der Waals surface area contributed by atoms with Gasteiger partial charge in [-0.15, -0.1) is 0 Å². The van der Waals surface area contributed by atoms with Gasteiger partial charge in [0, 0.05) is 5.69 Å². The highest BCUT2D eigenvalue weighted by molar-refractivity contribution is 6.06. The molecule has 0 aliphatic carbocycles. The van der Waals surface area contributed by atoms with Crippen LogP contribution >= 0.6 is 0 Å². The lowest BCUT2D eigenvalue weighted by atomic mass is 10.1. The van der Waals surface area contributed by atoms with E-state index >= 15 is 0 Å². The van der Waals surface area contributed by atoms with Crippen LogP contribution in [0.15, 0.2) is 48.5 Å². The normalized spacial score (nSPS) is 11.2. The van der Waals surface area contributed by atoms with Gasteiger partial charge in [0.25, 0.3) is 5.91 Å². The maximum absolute atomic E-state index is 12.9. The van der Waals surface area contributed by atoms with E-state index in [1.807, 2.05) is 18.2 Å². The molecule has 0 saturated carbocycles. The molecule has 0 aromatic heterocycles. The molecule has 0 aliphatic rings. The van der Waals surface area contributed by atoms with Crippen molar-refractivity contribution >= 4 is 17.6 Å². The highest BCUT2D eigenvalue weighted by Gasteiger charge is 2.23. The number of likely N-dealkylation sites (N-methyl/N-ethyl adjacent to an activating group) is 1. The van der Waals surface area contributed by atoms with Crippen molar-refractivity contribution in [1.82, 2.24) is 0 Å². The second kappa shape index (κ2) is 16.0. The van der Waals surface area contributed by atoms with Gasteiger partial charge in [-0.05, 0) is 63.1 Å². The lowest BCUT2D eigenvalue weighted by Crippen LogP contribution is -2.50. The third kappa shape index (κ3) is 9.30. The van der Waals surface area contributed by atoms with E-state index in [0.717, 1.165) is 43.5 Å². The molecule has 1 N–H and O–H groups in total. The molecule has 0 heterocycles. The first kappa shape index (κ1) is 29.4. The lowest BCUT2D eigenvalue weighted by Gasteiger charge is -2.36. The standard InChI is InChI=1S/C30H44N2O4/c1-5-9-11-14-23-35-28-16-13-12-15-27(28)29(33)31-26-19-17-25(18-20-26)30(34)36-24-22-32(7-3,8-4)21-10-6-2/h12-13,15-20H,5-11,14,21-24H2,1-4H3/p+1. The summed E-state index contributed by atoms with van der Waals surface area (Å²) in [6.07, 6.45) is 6.79. The molecular formula is C30H45N2O4+. The predicted octanol–water partition coefficient (Wildman–Crippen LogP) is 6.71. The quantitative estimate of drug-likeness (QED) is 0.150. The molecule has 0 unspecified atom stereocenters. The van der Waals surface area contributed by atoms with Gasteiger partial charge >= 0.3 is 5.97 Å². The fourth-order valence-electron chi connectivity index (χ4n) is 4.26. The van der Waals surface area contributed by atoms with Crippen molar-refractivity contribution in [3.05, 3.63) is 59.7 Å². The second-order valence-corrected chi connectivity index (χ2v) is 9.35. The number of anilines is 1. The lowest BCUT2D eigenvalue weighted by molar-refractivity contribution is -0.925. The molecule has 0 aliphatic heterocycles. The van der Waals surface area contributed by atoms with Gasteiger partial charge in [-0.25, -0.2) is 4.79 Å². The minimum Gasteiger partial charge on any atom is -0.493 e.